The molecule has 0 aliphatic rings. The van der Waals surface area contributed by atoms with E-state index in [-0.39, 0.29) is 29.9 Å². The van der Waals surface area contributed by atoms with Gasteiger partial charge in [0.05, 0.1) is 16.9 Å². The zero-order valence-corrected chi connectivity index (χ0v) is 22.3. The minimum Gasteiger partial charge on any atom is -0.352 e. The highest BCUT2D eigenvalue weighted by Gasteiger charge is 2.31. The Kier molecular flexibility index (Phi) is 9.57. The van der Waals surface area contributed by atoms with Crippen molar-refractivity contribution in [2.45, 2.75) is 59.7 Å². The van der Waals surface area contributed by atoms with E-state index in [2.05, 4.69) is 5.32 Å². The van der Waals surface area contributed by atoms with Gasteiger partial charge in [0, 0.05) is 24.7 Å². The lowest BCUT2D eigenvalue weighted by atomic mass is 10.1. The first-order chi connectivity index (χ1) is 16.7. The van der Waals surface area contributed by atoms with Gasteiger partial charge in [-0.2, -0.15) is 0 Å². The SMILES string of the molecule is CC[C@@H](C)NC(=O)[C@H](C)N(Cc1cccc(C)c1)C(=O)CN(c1cc([N+](=O)[O-])ccc1C)S(C)(=O)=O. The highest BCUT2D eigenvalue weighted by Crippen LogP contribution is 2.28. The number of nitrogens with zero attached hydrogens (tertiary/aromatic N) is 3. The number of amides is 2. The molecule has 0 saturated heterocycles. The van der Waals surface area contributed by atoms with Crippen LogP contribution in [0, 0.1) is 24.0 Å². The van der Waals surface area contributed by atoms with Gasteiger partial charge in [0.1, 0.15) is 12.6 Å². The molecule has 2 rings (SSSR count). The molecule has 0 aromatic heterocycles. The average Bonchev–Trinajstić information content (AvgIpc) is 2.80. The third kappa shape index (κ3) is 7.51. The lowest BCUT2D eigenvalue weighted by molar-refractivity contribution is -0.384. The van der Waals surface area contributed by atoms with Crippen molar-refractivity contribution in [2.24, 2.45) is 0 Å². The summed E-state index contributed by atoms with van der Waals surface area (Å²) in [6.07, 6.45) is 1.64. The van der Waals surface area contributed by atoms with E-state index in [1.165, 1.54) is 17.0 Å². The highest BCUT2D eigenvalue weighted by atomic mass is 32.2. The molecular formula is C25H34N4O6S. The number of rotatable bonds is 11. The summed E-state index contributed by atoms with van der Waals surface area (Å²) in [5, 5.41) is 14.2. The van der Waals surface area contributed by atoms with Crippen LogP contribution in [0.5, 0.6) is 0 Å². The smallest absolute Gasteiger partial charge is 0.271 e. The van der Waals surface area contributed by atoms with Crippen LogP contribution in [0.2, 0.25) is 0 Å². The van der Waals surface area contributed by atoms with Crippen molar-refractivity contribution >= 4 is 33.2 Å². The minimum absolute atomic E-state index is 0.0345. The van der Waals surface area contributed by atoms with Gasteiger partial charge in [0.2, 0.25) is 21.8 Å². The maximum absolute atomic E-state index is 13.6. The summed E-state index contributed by atoms with van der Waals surface area (Å²) in [6.45, 7) is 8.35. The first kappa shape index (κ1) is 28.8. The number of non-ortho nitro benzene ring substituents is 1. The molecule has 0 saturated carbocycles. The third-order valence-electron chi connectivity index (χ3n) is 5.96. The molecule has 0 heterocycles. The van der Waals surface area contributed by atoms with Crippen LogP contribution >= 0.6 is 0 Å². The molecule has 2 aromatic rings. The van der Waals surface area contributed by atoms with Gasteiger partial charge in [0.15, 0.2) is 0 Å². The Bertz CT molecular complexity index is 1230. The van der Waals surface area contributed by atoms with E-state index < -0.39 is 33.4 Å². The fourth-order valence-electron chi connectivity index (χ4n) is 3.63. The maximum Gasteiger partial charge on any atom is 0.271 e. The first-order valence-corrected chi connectivity index (χ1v) is 13.5. The van der Waals surface area contributed by atoms with Crippen molar-refractivity contribution in [2.75, 3.05) is 17.1 Å². The number of sulfonamides is 1. The van der Waals surface area contributed by atoms with Gasteiger partial charge in [-0.15, -0.1) is 0 Å². The fourth-order valence-corrected chi connectivity index (χ4v) is 4.53. The molecule has 0 spiro atoms. The van der Waals surface area contributed by atoms with Gasteiger partial charge in [-0.05, 0) is 45.2 Å². The van der Waals surface area contributed by atoms with Crippen LogP contribution in [0.25, 0.3) is 0 Å². The van der Waals surface area contributed by atoms with Gasteiger partial charge in [-0.3, -0.25) is 24.0 Å². The second-order valence-corrected chi connectivity index (χ2v) is 10.9. The van der Waals surface area contributed by atoms with Crippen molar-refractivity contribution in [3.63, 3.8) is 0 Å². The Labute approximate surface area is 212 Å². The first-order valence-electron chi connectivity index (χ1n) is 11.6. The van der Waals surface area contributed by atoms with Gasteiger partial charge in [0.25, 0.3) is 5.69 Å². The highest BCUT2D eigenvalue weighted by molar-refractivity contribution is 7.92. The number of nitro benzene ring substituents is 1. The molecule has 0 aliphatic heterocycles. The summed E-state index contributed by atoms with van der Waals surface area (Å²) < 4.78 is 26.3. The van der Waals surface area contributed by atoms with E-state index >= 15 is 0 Å². The van der Waals surface area contributed by atoms with Gasteiger partial charge >= 0.3 is 0 Å². The molecule has 0 bridgehead atoms. The van der Waals surface area contributed by atoms with Crippen molar-refractivity contribution < 1.29 is 22.9 Å². The quantitative estimate of drug-likeness (QED) is 0.359. The van der Waals surface area contributed by atoms with Crippen LogP contribution in [0.15, 0.2) is 42.5 Å². The summed E-state index contributed by atoms with van der Waals surface area (Å²) >= 11 is 0. The zero-order chi connectivity index (χ0) is 27.2. The Hall–Kier alpha value is -3.47. The maximum atomic E-state index is 13.6. The molecule has 11 heteroatoms. The third-order valence-corrected chi connectivity index (χ3v) is 7.08. The van der Waals surface area contributed by atoms with Crippen LogP contribution in [0.3, 0.4) is 0 Å². The Morgan fingerprint density at radius 1 is 1.11 bits per heavy atom. The molecule has 10 nitrogen and oxygen atoms in total. The molecule has 2 aromatic carbocycles. The second-order valence-electron chi connectivity index (χ2n) is 9.00. The van der Waals surface area contributed by atoms with Crippen LogP contribution in [-0.4, -0.2) is 54.9 Å². The molecule has 0 unspecified atom stereocenters. The van der Waals surface area contributed by atoms with E-state index in [0.29, 0.717) is 12.0 Å². The minimum atomic E-state index is -4.00. The summed E-state index contributed by atoms with van der Waals surface area (Å²) in [6, 6.07) is 10.3. The predicted molar refractivity (Wildman–Crippen MR) is 139 cm³/mol. The van der Waals surface area contributed by atoms with E-state index in [9.17, 15) is 28.1 Å². The van der Waals surface area contributed by atoms with Gasteiger partial charge < -0.3 is 10.2 Å². The van der Waals surface area contributed by atoms with Crippen LogP contribution < -0.4 is 9.62 Å². The van der Waals surface area contributed by atoms with Gasteiger partial charge in [-0.25, -0.2) is 8.42 Å². The Morgan fingerprint density at radius 3 is 2.33 bits per heavy atom. The number of carbonyl (C=O) groups excluding carboxylic acids is 2. The zero-order valence-electron chi connectivity index (χ0n) is 21.5. The van der Waals surface area contributed by atoms with Crippen molar-refractivity contribution in [3.8, 4) is 0 Å². The van der Waals surface area contributed by atoms with Crippen LogP contribution in [0.4, 0.5) is 11.4 Å². The average molecular weight is 519 g/mol. The second kappa shape index (κ2) is 12.0. The van der Waals surface area contributed by atoms with Crippen LogP contribution in [0.1, 0.15) is 43.9 Å². The predicted octanol–water partition coefficient (Wildman–Crippen LogP) is 3.31. The number of hydrogen-bond acceptors (Lipinski definition) is 6. The van der Waals surface area contributed by atoms with E-state index in [0.717, 1.165) is 27.8 Å². The number of hydrogen-bond donors (Lipinski definition) is 1. The number of nitrogens with one attached hydrogen (secondary N) is 1. The molecule has 0 aliphatic carbocycles. The lowest BCUT2D eigenvalue weighted by Crippen LogP contribution is -2.52. The Morgan fingerprint density at radius 2 is 1.78 bits per heavy atom. The summed E-state index contributed by atoms with van der Waals surface area (Å²) in [4.78, 5) is 38.5. The molecular weight excluding hydrogens is 484 g/mol. The standard InChI is InChI=1S/C25H34N4O6S/c1-7-19(4)26-25(31)20(5)27(15-21-10-8-9-17(2)13-21)24(30)16-28(36(6,34)35)23-14-22(29(32)33)12-11-18(23)3/h8-14,19-20H,7,15-16H2,1-6H3,(H,26,31)/t19-,20+/m1/s1. The Balaban J connectivity index is 2.48. The molecule has 0 fully saturated rings. The molecule has 196 valence electrons. The number of anilines is 1. The molecule has 1 N–H and O–H groups in total. The number of nitro groups is 1. The summed E-state index contributed by atoms with van der Waals surface area (Å²) in [7, 11) is -4.00. The molecule has 2 amide bonds. The van der Waals surface area contributed by atoms with Crippen molar-refractivity contribution in [1.82, 2.24) is 10.2 Å². The van der Waals surface area contributed by atoms with Gasteiger partial charge in [-0.1, -0.05) is 42.8 Å². The number of aryl methyl sites for hydroxylation is 2. The molecule has 0 radical (unpaired) electrons. The van der Waals surface area contributed by atoms with E-state index in [4.69, 9.17) is 0 Å². The van der Waals surface area contributed by atoms with E-state index in [1.54, 1.807) is 13.8 Å². The van der Waals surface area contributed by atoms with Crippen LogP contribution in [-0.2, 0) is 26.2 Å². The monoisotopic (exact) mass is 518 g/mol. The fraction of sp³-hybridized carbons (Fsp3) is 0.440. The molecule has 2 atom stereocenters. The normalized spacial score (nSPS) is 12.9. The van der Waals surface area contributed by atoms with Crippen molar-refractivity contribution in [3.05, 3.63) is 69.3 Å². The topological polar surface area (TPSA) is 130 Å². The summed E-state index contributed by atoms with van der Waals surface area (Å²) in [5.74, 6) is -0.970. The van der Waals surface area contributed by atoms with Crippen molar-refractivity contribution in [1.29, 1.82) is 0 Å². The number of carbonyl (C=O) groups is 2. The largest absolute Gasteiger partial charge is 0.352 e. The van der Waals surface area contributed by atoms with E-state index in [1.807, 2.05) is 45.0 Å². The lowest BCUT2D eigenvalue weighted by Gasteiger charge is -2.32. The summed E-state index contributed by atoms with van der Waals surface area (Å²) in [5.41, 5.74) is 1.94. The molecule has 36 heavy (non-hydrogen) atoms. The number of benzene rings is 2.